The van der Waals surface area contributed by atoms with Crippen LogP contribution in [0.25, 0.3) is 0 Å². The van der Waals surface area contributed by atoms with Crippen LogP contribution in [0.4, 0.5) is 0 Å². The van der Waals surface area contributed by atoms with Crippen molar-refractivity contribution in [3.05, 3.63) is 39.4 Å². The van der Waals surface area contributed by atoms with E-state index in [0.29, 0.717) is 12.0 Å². The molecule has 0 spiro atoms. The van der Waals surface area contributed by atoms with Gasteiger partial charge in [0.1, 0.15) is 0 Å². The molecule has 20 heavy (non-hydrogen) atoms. The normalized spacial score (nSPS) is 20.1. The molecule has 1 aliphatic heterocycles. The number of thiophene rings is 1. The van der Waals surface area contributed by atoms with Gasteiger partial charge in [-0.2, -0.15) is 0 Å². The van der Waals surface area contributed by atoms with E-state index in [1.54, 1.807) is 0 Å². The molecule has 3 heterocycles. The molecular formula is C16H22N2OS. The zero-order valence-electron chi connectivity index (χ0n) is 12.4. The van der Waals surface area contributed by atoms with E-state index in [1.165, 1.54) is 22.6 Å². The Hall–Kier alpha value is -1.13. The minimum absolute atomic E-state index is 0.400. The number of hydrogen-bond donors (Lipinski definition) is 0. The van der Waals surface area contributed by atoms with E-state index in [0.717, 1.165) is 24.5 Å². The van der Waals surface area contributed by atoms with Crippen LogP contribution in [0, 0.1) is 6.92 Å². The molecule has 0 saturated carbocycles. The summed E-state index contributed by atoms with van der Waals surface area (Å²) in [7, 11) is 0. The molecule has 0 amide bonds. The molecule has 0 aromatic carbocycles. The Labute approximate surface area is 124 Å². The minimum atomic E-state index is 0.400. The van der Waals surface area contributed by atoms with Crippen LogP contribution in [0.2, 0.25) is 0 Å². The zero-order valence-corrected chi connectivity index (χ0v) is 13.2. The minimum Gasteiger partial charge on any atom is -0.359 e. The van der Waals surface area contributed by atoms with Crippen molar-refractivity contribution >= 4 is 11.3 Å². The number of aryl methyl sites for hydroxylation is 1. The predicted octanol–water partition coefficient (Wildman–Crippen LogP) is 4.51. The van der Waals surface area contributed by atoms with Gasteiger partial charge in [0.25, 0.3) is 0 Å². The van der Waals surface area contributed by atoms with Gasteiger partial charge in [-0.15, -0.1) is 11.3 Å². The van der Waals surface area contributed by atoms with Gasteiger partial charge in [-0.3, -0.25) is 4.90 Å². The maximum atomic E-state index is 5.59. The molecule has 1 saturated heterocycles. The average Bonchev–Trinajstić information content (AvgIpc) is 3.10. The first-order valence-electron chi connectivity index (χ1n) is 7.39. The van der Waals surface area contributed by atoms with Crippen LogP contribution in [0.3, 0.4) is 0 Å². The van der Waals surface area contributed by atoms with E-state index in [1.807, 2.05) is 11.3 Å². The Morgan fingerprint density at radius 3 is 2.95 bits per heavy atom. The molecule has 0 N–H and O–H groups in total. The average molecular weight is 290 g/mol. The van der Waals surface area contributed by atoms with Crippen molar-refractivity contribution in [1.82, 2.24) is 10.1 Å². The maximum absolute atomic E-state index is 5.59. The number of nitrogens with zero attached hydrogens (tertiary/aromatic N) is 2. The quantitative estimate of drug-likeness (QED) is 0.830. The Bertz CT molecular complexity index is 573. The first-order valence-corrected chi connectivity index (χ1v) is 8.21. The Morgan fingerprint density at radius 1 is 1.45 bits per heavy atom. The summed E-state index contributed by atoms with van der Waals surface area (Å²) in [6.07, 6.45) is 2.42. The van der Waals surface area contributed by atoms with E-state index in [4.69, 9.17) is 4.52 Å². The molecule has 0 bridgehead atoms. The van der Waals surface area contributed by atoms with Crippen LogP contribution in [0.1, 0.15) is 59.9 Å². The van der Waals surface area contributed by atoms with Crippen molar-refractivity contribution < 1.29 is 4.52 Å². The van der Waals surface area contributed by atoms with Gasteiger partial charge in [-0.05, 0) is 44.4 Å². The summed E-state index contributed by atoms with van der Waals surface area (Å²) in [5.74, 6) is 1.47. The van der Waals surface area contributed by atoms with E-state index < -0.39 is 0 Å². The first-order chi connectivity index (χ1) is 9.63. The monoisotopic (exact) mass is 290 g/mol. The molecule has 1 aliphatic rings. The molecule has 3 nitrogen and oxygen atoms in total. The molecule has 0 aliphatic carbocycles. The Balaban J connectivity index is 1.74. The summed E-state index contributed by atoms with van der Waals surface area (Å²) in [5.41, 5.74) is 1.07. The molecular weight excluding hydrogens is 268 g/mol. The van der Waals surface area contributed by atoms with Crippen molar-refractivity contribution in [3.8, 4) is 0 Å². The van der Waals surface area contributed by atoms with Gasteiger partial charge < -0.3 is 4.52 Å². The summed E-state index contributed by atoms with van der Waals surface area (Å²) >= 11 is 1.89. The highest BCUT2D eigenvalue weighted by molar-refractivity contribution is 7.11. The molecule has 4 heteroatoms. The highest BCUT2D eigenvalue weighted by Crippen LogP contribution is 2.35. The third-order valence-corrected chi connectivity index (χ3v) is 4.97. The summed E-state index contributed by atoms with van der Waals surface area (Å²) in [5, 5.41) is 4.21. The number of likely N-dealkylation sites (tertiary alicyclic amines) is 1. The predicted molar refractivity (Wildman–Crippen MR) is 82.0 cm³/mol. The smallest absolute Gasteiger partial charge is 0.154 e. The van der Waals surface area contributed by atoms with E-state index in [-0.39, 0.29) is 0 Å². The SMILES string of the molecule is Cc1ccc(CN2CCC[C@H]2c2cc(C(C)C)no2)s1. The molecule has 1 fully saturated rings. The fourth-order valence-electron chi connectivity index (χ4n) is 2.84. The number of rotatable bonds is 4. The van der Waals surface area contributed by atoms with Gasteiger partial charge in [-0.1, -0.05) is 19.0 Å². The zero-order chi connectivity index (χ0) is 14.1. The van der Waals surface area contributed by atoms with E-state index in [2.05, 4.69) is 49.0 Å². The first kappa shape index (κ1) is 13.8. The Kier molecular flexibility index (Phi) is 3.94. The van der Waals surface area contributed by atoms with Crippen molar-refractivity contribution in [1.29, 1.82) is 0 Å². The lowest BCUT2D eigenvalue weighted by atomic mass is 10.1. The molecule has 108 valence electrons. The lowest BCUT2D eigenvalue weighted by Gasteiger charge is -2.21. The molecule has 2 aromatic heterocycles. The van der Waals surface area contributed by atoms with Crippen LogP contribution in [0.15, 0.2) is 22.7 Å². The summed E-state index contributed by atoms with van der Waals surface area (Å²) in [4.78, 5) is 5.35. The molecule has 1 atom stereocenters. The van der Waals surface area contributed by atoms with Gasteiger partial charge in [0.2, 0.25) is 0 Å². The van der Waals surface area contributed by atoms with Gasteiger partial charge in [0, 0.05) is 22.4 Å². The van der Waals surface area contributed by atoms with Crippen LogP contribution in [-0.4, -0.2) is 16.6 Å². The summed E-state index contributed by atoms with van der Waals surface area (Å²) < 4.78 is 5.59. The lowest BCUT2D eigenvalue weighted by Crippen LogP contribution is -2.21. The van der Waals surface area contributed by atoms with E-state index >= 15 is 0 Å². The second kappa shape index (κ2) is 5.70. The molecule has 3 rings (SSSR count). The van der Waals surface area contributed by atoms with Crippen LogP contribution in [-0.2, 0) is 6.54 Å². The van der Waals surface area contributed by atoms with Crippen LogP contribution >= 0.6 is 11.3 Å². The van der Waals surface area contributed by atoms with Gasteiger partial charge >= 0.3 is 0 Å². The topological polar surface area (TPSA) is 29.3 Å². The van der Waals surface area contributed by atoms with Gasteiger partial charge in [-0.25, -0.2) is 0 Å². The highest BCUT2D eigenvalue weighted by Gasteiger charge is 2.29. The van der Waals surface area contributed by atoms with Crippen LogP contribution in [0.5, 0.6) is 0 Å². The fourth-order valence-corrected chi connectivity index (χ4v) is 3.76. The van der Waals surface area contributed by atoms with Crippen LogP contribution < -0.4 is 0 Å². The third-order valence-electron chi connectivity index (χ3n) is 3.99. The number of hydrogen-bond acceptors (Lipinski definition) is 4. The molecule has 0 radical (unpaired) electrons. The van der Waals surface area contributed by atoms with Crippen molar-refractivity contribution in [2.24, 2.45) is 0 Å². The lowest BCUT2D eigenvalue weighted by molar-refractivity contribution is 0.208. The summed E-state index contributed by atoms with van der Waals surface area (Å²) in [6, 6.07) is 7.00. The van der Waals surface area contributed by atoms with Crippen molar-refractivity contribution in [2.45, 2.75) is 52.1 Å². The second-order valence-electron chi connectivity index (χ2n) is 5.95. The standard InChI is InChI=1S/C16H22N2OS/c1-11(2)14-9-16(19-17-14)15-5-4-8-18(15)10-13-7-6-12(3)20-13/h6-7,9,11,15H,4-5,8,10H2,1-3H3/t15-/m0/s1. The molecule has 2 aromatic rings. The number of aromatic nitrogens is 1. The maximum Gasteiger partial charge on any atom is 0.154 e. The van der Waals surface area contributed by atoms with Gasteiger partial charge in [0.05, 0.1) is 11.7 Å². The van der Waals surface area contributed by atoms with E-state index in [9.17, 15) is 0 Å². The van der Waals surface area contributed by atoms with Crippen molar-refractivity contribution in [3.63, 3.8) is 0 Å². The fraction of sp³-hybridized carbons (Fsp3) is 0.562. The molecule has 0 unspecified atom stereocenters. The second-order valence-corrected chi connectivity index (χ2v) is 7.32. The van der Waals surface area contributed by atoms with Gasteiger partial charge in [0.15, 0.2) is 5.76 Å². The highest BCUT2D eigenvalue weighted by atomic mass is 32.1. The largest absolute Gasteiger partial charge is 0.359 e. The Morgan fingerprint density at radius 2 is 2.30 bits per heavy atom. The third kappa shape index (κ3) is 2.81. The van der Waals surface area contributed by atoms with Crippen molar-refractivity contribution in [2.75, 3.05) is 6.54 Å². The summed E-state index contributed by atoms with van der Waals surface area (Å²) in [6.45, 7) is 8.66.